The van der Waals surface area contributed by atoms with E-state index in [-0.39, 0.29) is 31.5 Å². The van der Waals surface area contributed by atoms with Gasteiger partial charge in [0.05, 0.1) is 6.54 Å². The van der Waals surface area contributed by atoms with Gasteiger partial charge in [0, 0.05) is 47.9 Å². The number of rotatable bonds is 11. The molecule has 4 aromatic rings. The van der Waals surface area contributed by atoms with E-state index in [0.717, 1.165) is 5.56 Å². The normalized spacial score (nSPS) is 10.4. The molecule has 0 bridgehead atoms. The third-order valence-electron chi connectivity index (χ3n) is 6.87. The maximum Gasteiger partial charge on any atom is 0.319 e. The Morgan fingerprint density at radius 2 is 1.36 bits per heavy atom. The largest absolute Gasteiger partial charge is 0.484 e. The molecule has 0 saturated heterocycles. The van der Waals surface area contributed by atoms with Gasteiger partial charge in [0.15, 0.2) is 6.61 Å². The summed E-state index contributed by atoms with van der Waals surface area (Å²) >= 11 is 5.95. The molecule has 232 valence electrons. The van der Waals surface area contributed by atoms with E-state index in [0.29, 0.717) is 33.5 Å². The quantitative estimate of drug-likeness (QED) is 0.228. The van der Waals surface area contributed by atoms with E-state index in [2.05, 4.69) is 10.6 Å². The molecule has 0 aromatic heterocycles. The van der Waals surface area contributed by atoms with Gasteiger partial charge in [-0.25, -0.2) is 4.79 Å². The van der Waals surface area contributed by atoms with Crippen LogP contribution in [0.1, 0.15) is 5.56 Å². The van der Waals surface area contributed by atoms with E-state index >= 15 is 0 Å². The number of hydrogen-bond donors (Lipinski definition) is 2. The lowest BCUT2D eigenvalue weighted by molar-refractivity contribution is -0.121. The summed E-state index contributed by atoms with van der Waals surface area (Å²) in [4.78, 5) is 56.3. The molecule has 4 rings (SSSR count). The van der Waals surface area contributed by atoms with Crippen LogP contribution in [0.15, 0.2) is 103 Å². The van der Waals surface area contributed by atoms with Crippen molar-refractivity contribution in [1.82, 2.24) is 5.32 Å². The number of aryl methyl sites for hydroxylation is 1. The van der Waals surface area contributed by atoms with Crippen molar-refractivity contribution in [2.24, 2.45) is 0 Å². The highest BCUT2D eigenvalue weighted by atomic mass is 35.5. The van der Waals surface area contributed by atoms with E-state index < -0.39 is 11.9 Å². The van der Waals surface area contributed by atoms with Crippen molar-refractivity contribution < 1.29 is 23.9 Å². The fourth-order valence-corrected chi connectivity index (χ4v) is 4.43. The van der Waals surface area contributed by atoms with Gasteiger partial charge in [-0.1, -0.05) is 48.0 Å². The molecule has 0 fully saturated rings. The van der Waals surface area contributed by atoms with E-state index in [1.54, 1.807) is 86.9 Å². The fraction of sp³-hybridized carbons (Fsp3) is 0.176. The summed E-state index contributed by atoms with van der Waals surface area (Å²) in [6, 6.07) is 29.1. The fourth-order valence-electron chi connectivity index (χ4n) is 4.30. The summed E-state index contributed by atoms with van der Waals surface area (Å²) in [6.07, 6.45) is 0. The van der Waals surface area contributed by atoms with Crippen LogP contribution in [0.25, 0.3) is 0 Å². The zero-order chi connectivity index (χ0) is 32.3. The first kappa shape index (κ1) is 32.6. The Hall–Kier alpha value is -5.35. The summed E-state index contributed by atoms with van der Waals surface area (Å²) < 4.78 is 5.77. The number of carbonyl (C=O) groups is 4. The van der Waals surface area contributed by atoms with Gasteiger partial charge in [-0.2, -0.15) is 0 Å². The molecule has 0 radical (unpaired) electrons. The molecule has 2 N–H and O–H groups in total. The second-order valence-corrected chi connectivity index (χ2v) is 10.6. The number of para-hydroxylation sites is 1. The van der Waals surface area contributed by atoms with E-state index in [9.17, 15) is 19.2 Å². The summed E-state index contributed by atoms with van der Waals surface area (Å²) in [6.45, 7) is 0.940. The third kappa shape index (κ3) is 9.32. The monoisotopic (exact) mass is 627 g/mol. The van der Waals surface area contributed by atoms with Gasteiger partial charge in [-0.05, 0) is 73.2 Å². The minimum absolute atomic E-state index is 0.271. The average Bonchev–Trinajstić information content (AvgIpc) is 3.05. The van der Waals surface area contributed by atoms with Gasteiger partial charge in [-0.3, -0.25) is 14.4 Å². The van der Waals surface area contributed by atoms with Crippen molar-refractivity contribution in [1.29, 1.82) is 0 Å². The number of ether oxygens (including phenoxy) is 1. The zero-order valence-electron chi connectivity index (χ0n) is 25.2. The van der Waals surface area contributed by atoms with Crippen molar-refractivity contribution in [3.8, 4) is 5.75 Å². The number of halogens is 1. The van der Waals surface area contributed by atoms with Crippen molar-refractivity contribution in [3.05, 3.63) is 114 Å². The number of amides is 5. The Morgan fingerprint density at radius 3 is 2.07 bits per heavy atom. The van der Waals surface area contributed by atoms with Crippen LogP contribution in [0.2, 0.25) is 5.02 Å². The average molecular weight is 628 g/mol. The molecule has 0 aliphatic heterocycles. The summed E-state index contributed by atoms with van der Waals surface area (Å²) in [5.41, 5.74) is 3.21. The van der Waals surface area contributed by atoms with Crippen LogP contribution < -0.4 is 30.1 Å². The highest BCUT2D eigenvalue weighted by molar-refractivity contribution is 6.30. The smallest absolute Gasteiger partial charge is 0.319 e. The number of hydrogen-bond acceptors (Lipinski definition) is 5. The minimum atomic E-state index is -0.568. The van der Waals surface area contributed by atoms with Crippen LogP contribution in [0.3, 0.4) is 0 Å². The number of anilines is 4. The lowest BCUT2D eigenvalue weighted by Crippen LogP contribution is -2.46. The van der Waals surface area contributed by atoms with Gasteiger partial charge >= 0.3 is 6.03 Å². The molecule has 0 atom stereocenters. The van der Waals surface area contributed by atoms with Crippen LogP contribution in [-0.4, -0.2) is 57.5 Å². The maximum absolute atomic E-state index is 13.5. The van der Waals surface area contributed by atoms with Gasteiger partial charge in [0.25, 0.3) is 5.91 Å². The van der Waals surface area contributed by atoms with Gasteiger partial charge in [-0.15, -0.1) is 0 Å². The van der Waals surface area contributed by atoms with Crippen LogP contribution in [0.4, 0.5) is 27.5 Å². The van der Waals surface area contributed by atoms with Crippen LogP contribution >= 0.6 is 11.6 Å². The third-order valence-corrected chi connectivity index (χ3v) is 7.12. The Balaban J connectivity index is 1.47. The number of carbonyl (C=O) groups excluding carboxylic acids is 4. The lowest BCUT2D eigenvalue weighted by atomic mass is 10.2. The Morgan fingerprint density at radius 1 is 0.711 bits per heavy atom. The van der Waals surface area contributed by atoms with Crippen molar-refractivity contribution in [2.75, 3.05) is 53.8 Å². The first-order chi connectivity index (χ1) is 21.6. The highest BCUT2D eigenvalue weighted by Crippen LogP contribution is 2.23. The van der Waals surface area contributed by atoms with Crippen molar-refractivity contribution in [3.63, 3.8) is 0 Å². The number of benzene rings is 4. The second kappa shape index (κ2) is 15.4. The molecule has 0 aliphatic carbocycles. The molecule has 4 aromatic carbocycles. The van der Waals surface area contributed by atoms with Gasteiger partial charge in [0.2, 0.25) is 11.8 Å². The van der Waals surface area contributed by atoms with Gasteiger partial charge in [0.1, 0.15) is 12.3 Å². The van der Waals surface area contributed by atoms with E-state index in [1.165, 1.54) is 14.7 Å². The number of nitrogens with one attached hydrogen (secondary N) is 2. The molecule has 0 aliphatic rings. The molecule has 0 spiro atoms. The molecule has 0 unspecified atom stereocenters. The Labute approximate surface area is 267 Å². The first-order valence-corrected chi connectivity index (χ1v) is 14.5. The van der Waals surface area contributed by atoms with Gasteiger partial charge < -0.3 is 30.1 Å². The zero-order valence-corrected chi connectivity index (χ0v) is 26.0. The first-order valence-electron chi connectivity index (χ1n) is 14.1. The molecule has 0 saturated carbocycles. The highest BCUT2D eigenvalue weighted by Gasteiger charge is 2.23. The molecular weight excluding hydrogens is 594 g/mol. The molecule has 5 amide bonds. The van der Waals surface area contributed by atoms with Crippen molar-refractivity contribution >= 4 is 58.1 Å². The Bertz CT molecular complexity index is 1650. The summed E-state index contributed by atoms with van der Waals surface area (Å²) in [5, 5.41) is 5.82. The lowest BCUT2D eigenvalue weighted by Gasteiger charge is -2.26. The second-order valence-electron chi connectivity index (χ2n) is 10.2. The minimum Gasteiger partial charge on any atom is -0.484 e. The van der Waals surface area contributed by atoms with E-state index in [1.807, 2.05) is 37.3 Å². The standard InChI is InChI=1S/C34H34ClN5O5/c1-24-9-7-10-26(19-24)37-34(44)36-21-31(41)40(22-32(42)38(2)27-11-5-4-6-12-27)29-13-8-14-30(20-29)45-23-33(43)39(3)28-17-15-25(35)16-18-28/h4-20H,21-23H2,1-3H3,(H2,36,37,44). The maximum atomic E-state index is 13.5. The predicted octanol–water partition coefficient (Wildman–Crippen LogP) is 5.51. The molecule has 10 nitrogen and oxygen atoms in total. The van der Waals surface area contributed by atoms with E-state index in [4.69, 9.17) is 16.3 Å². The number of likely N-dealkylation sites (N-methyl/N-ethyl adjacent to an activating group) is 2. The SMILES string of the molecule is Cc1cccc(NC(=O)NCC(=O)N(CC(=O)N(C)c2ccccc2)c2cccc(OCC(=O)N(C)c3ccc(Cl)cc3)c2)c1. The van der Waals surface area contributed by atoms with Crippen molar-refractivity contribution in [2.45, 2.75) is 6.92 Å². The molecule has 11 heteroatoms. The predicted molar refractivity (Wildman–Crippen MR) is 177 cm³/mol. The Kier molecular flexibility index (Phi) is 11.1. The molecule has 0 heterocycles. The molecular formula is C34H34ClN5O5. The molecule has 45 heavy (non-hydrogen) atoms. The van der Waals surface area contributed by atoms with Crippen LogP contribution in [0, 0.1) is 6.92 Å². The summed E-state index contributed by atoms with van der Waals surface area (Å²) in [7, 11) is 3.25. The number of nitrogens with zero attached hydrogens (tertiary/aromatic N) is 3. The van der Waals surface area contributed by atoms with Crippen LogP contribution in [-0.2, 0) is 14.4 Å². The van der Waals surface area contributed by atoms with Crippen LogP contribution in [0.5, 0.6) is 5.75 Å². The summed E-state index contributed by atoms with van der Waals surface area (Å²) in [5.74, 6) is -0.874. The topological polar surface area (TPSA) is 111 Å². The number of urea groups is 1.